The first kappa shape index (κ1) is 21.7. The van der Waals surface area contributed by atoms with Crippen molar-refractivity contribution in [3.05, 3.63) is 102 Å². The van der Waals surface area contributed by atoms with Gasteiger partial charge in [-0.15, -0.1) is 0 Å². The molecule has 4 rings (SSSR count). The minimum Gasteiger partial charge on any atom is -0.379 e. The van der Waals surface area contributed by atoms with Crippen LogP contribution in [-0.4, -0.2) is 49.6 Å². The minimum absolute atomic E-state index is 0.0510. The maximum absolute atomic E-state index is 13.1. The van der Waals surface area contributed by atoms with Gasteiger partial charge in [0.1, 0.15) is 0 Å². The van der Waals surface area contributed by atoms with Crippen LogP contribution in [0.15, 0.2) is 84.9 Å². The van der Waals surface area contributed by atoms with Crippen molar-refractivity contribution in [3.63, 3.8) is 0 Å². The lowest BCUT2D eigenvalue weighted by Crippen LogP contribution is -2.43. The average Bonchev–Trinajstić information content (AvgIpc) is 2.86. The summed E-state index contributed by atoms with van der Waals surface area (Å²) in [5.41, 5.74) is 2.62. The molecule has 1 heterocycles. The number of ether oxygens (including phenoxy) is 1. The molecule has 1 aliphatic heterocycles. The first-order valence-electron chi connectivity index (χ1n) is 10.8. The van der Waals surface area contributed by atoms with Gasteiger partial charge in [-0.2, -0.15) is 0 Å². The van der Waals surface area contributed by atoms with Crippen molar-refractivity contribution in [1.29, 1.82) is 0 Å². The molecule has 1 aliphatic rings. The predicted molar refractivity (Wildman–Crippen MR) is 125 cm³/mol. The Hall–Kier alpha value is -3.48. The van der Waals surface area contributed by atoms with Crippen LogP contribution < -0.4 is 10.6 Å². The van der Waals surface area contributed by atoms with Crippen LogP contribution in [0.2, 0.25) is 0 Å². The van der Waals surface area contributed by atoms with Crippen LogP contribution in [0.5, 0.6) is 0 Å². The maximum Gasteiger partial charge on any atom is 0.255 e. The molecule has 1 unspecified atom stereocenters. The zero-order chi connectivity index (χ0) is 22.2. The molecule has 0 aromatic heterocycles. The van der Waals surface area contributed by atoms with Crippen LogP contribution >= 0.6 is 0 Å². The third-order valence-electron chi connectivity index (χ3n) is 5.58. The topological polar surface area (TPSA) is 70.7 Å². The van der Waals surface area contributed by atoms with E-state index >= 15 is 0 Å². The number of carbonyl (C=O) groups is 2. The molecule has 0 spiro atoms. The van der Waals surface area contributed by atoms with E-state index in [-0.39, 0.29) is 17.9 Å². The van der Waals surface area contributed by atoms with Crippen LogP contribution in [0.4, 0.5) is 5.69 Å². The van der Waals surface area contributed by atoms with E-state index in [0.29, 0.717) is 36.6 Å². The van der Waals surface area contributed by atoms with Gasteiger partial charge in [0.2, 0.25) is 0 Å². The Balaban J connectivity index is 1.47. The summed E-state index contributed by atoms with van der Waals surface area (Å²) in [7, 11) is 0. The number of hydrogen-bond donors (Lipinski definition) is 2. The van der Waals surface area contributed by atoms with Crippen LogP contribution in [0, 0.1) is 0 Å². The molecule has 0 bridgehead atoms. The van der Waals surface area contributed by atoms with Crippen LogP contribution in [-0.2, 0) is 4.74 Å². The fraction of sp³-hybridized carbons (Fsp3) is 0.231. The van der Waals surface area contributed by atoms with Crippen LogP contribution in [0.1, 0.15) is 32.3 Å². The van der Waals surface area contributed by atoms with E-state index in [2.05, 4.69) is 27.7 Å². The SMILES string of the molecule is O=C(Nc1ccccc1C(=O)NCC(c1ccccc1)N1CCOCC1)c1ccccc1. The lowest BCUT2D eigenvalue weighted by molar-refractivity contribution is 0.0162. The average molecular weight is 430 g/mol. The number of nitrogens with zero attached hydrogens (tertiary/aromatic N) is 1. The molecule has 6 heteroatoms. The second kappa shape index (κ2) is 10.7. The summed E-state index contributed by atoms with van der Waals surface area (Å²) in [6.45, 7) is 3.47. The number of nitrogens with one attached hydrogen (secondary N) is 2. The minimum atomic E-state index is -0.249. The van der Waals surface area contributed by atoms with Gasteiger partial charge in [0.25, 0.3) is 11.8 Å². The smallest absolute Gasteiger partial charge is 0.255 e. The summed E-state index contributed by atoms with van der Waals surface area (Å²) in [5.74, 6) is -0.468. The molecule has 164 valence electrons. The van der Waals surface area contributed by atoms with Crippen molar-refractivity contribution in [2.24, 2.45) is 0 Å². The number of carbonyl (C=O) groups excluding carboxylic acids is 2. The summed E-state index contributed by atoms with van der Waals surface area (Å²) < 4.78 is 5.50. The normalized spacial score (nSPS) is 15.0. The molecular weight excluding hydrogens is 402 g/mol. The van der Waals surface area contributed by atoms with Gasteiger partial charge in [0.15, 0.2) is 0 Å². The lowest BCUT2D eigenvalue weighted by Gasteiger charge is -2.35. The van der Waals surface area contributed by atoms with Crippen molar-refractivity contribution < 1.29 is 14.3 Å². The fourth-order valence-electron chi connectivity index (χ4n) is 3.88. The van der Waals surface area contributed by atoms with E-state index in [9.17, 15) is 9.59 Å². The lowest BCUT2D eigenvalue weighted by atomic mass is 10.0. The monoisotopic (exact) mass is 429 g/mol. The molecule has 0 saturated carbocycles. The second-order valence-electron chi connectivity index (χ2n) is 7.65. The number of benzene rings is 3. The maximum atomic E-state index is 13.1. The molecule has 3 aromatic rings. The number of rotatable bonds is 7. The molecular formula is C26H27N3O3. The summed E-state index contributed by atoms with van der Waals surface area (Å²) in [4.78, 5) is 28.0. The highest BCUT2D eigenvalue weighted by molar-refractivity contribution is 6.08. The highest BCUT2D eigenvalue weighted by Crippen LogP contribution is 2.22. The first-order valence-corrected chi connectivity index (χ1v) is 10.8. The number of para-hydroxylation sites is 1. The second-order valence-corrected chi connectivity index (χ2v) is 7.65. The molecule has 1 atom stereocenters. The largest absolute Gasteiger partial charge is 0.379 e. The Bertz CT molecular complexity index is 1030. The van der Waals surface area contributed by atoms with E-state index < -0.39 is 0 Å². The highest BCUT2D eigenvalue weighted by Gasteiger charge is 2.24. The molecule has 2 amide bonds. The number of hydrogen-bond acceptors (Lipinski definition) is 4. The Morgan fingerprint density at radius 2 is 1.44 bits per heavy atom. The van der Waals surface area contributed by atoms with Crippen LogP contribution in [0.3, 0.4) is 0 Å². The molecule has 1 saturated heterocycles. The summed E-state index contributed by atoms with van der Waals surface area (Å²) in [5, 5.41) is 5.94. The summed E-state index contributed by atoms with van der Waals surface area (Å²) in [6, 6.07) is 26.3. The zero-order valence-corrected chi connectivity index (χ0v) is 17.9. The molecule has 3 aromatic carbocycles. The van der Waals surface area contributed by atoms with Crippen molar-refractivity contribution in [2.45, 2.75) is 6.04 Å². The van der Waals surface area contributed by atoms with E-state index in [1.165, 1.54) is 0 Å². The van der Waals surface area contributed by atoms with Gasteiger partial charge in [0.05, 0.1) is 30.5 Å². The van der Waals surface area contributed by atoms with Gasteiger partial charge >= 0.3 is 0 Å². The molecule has 1 fully saturated rings. The van der Waals surface area contributed by atoms with Gasteiger partial charge in [-0.05, 0) is 29.8 Å². The highest BCUT2D eigenvalue weighted by atomic mass is 16.5. The van der Waals surface area contributed by atoms with Gasteiger partial charge in [-0.25, -0.2) is 0 Å². The standard InChI is InChI=1S/C26H27N3O3/c30-25(21-11-5-2-6-12-21)28-23-14-8-7-13-22(23)26(31)27-19-24(20-9-3-1-4-10-20)29-15-17-32-18-16-29/h1-14,24H,15-19H2,(H,27,31)(H,28,30). The van der Waals surface area contributed by atoms with Crippen molar-refractivity contribution in [2.75, 3.05) is 38.2 Å². The van der Waals surface area contributed by atoms with E-state index in [1.807, 2.05) is 36.4 Å². The Labute approximate surface area is 188 Å². The Morgan fingerprint density at radius 1 is 0.812 bits per heavy atom. The molecule has 2 N–H and O–H groups in total. The third-order valence-corrected chi connectivity index (χ3v) is 5.58. The molecule has 0 radical (unpaired) electrons. The molecule has 32 heavy (non-hydrogen) atoms. The van der Waals surface area contributed by atoms with Gasteiger partial charge < -0.3 is 15.4 Å². The van der Waals surface area contributed by atoms with Crippen molar-refractivity contribution >= 4 is 17.5 Å². The third kappa shape index (κ3) is 5.41. The number of anilines is 1. The quantitative estimate of drug-likeness (QED) is 0.600. The van der Waals surface area contributed by atoms with E-state index in [1.54, 1.807) is 36.4 Å². The zero-order valence-electron chi connectivity index (χ0n) is 17.9. The number of amides is 2. The van der Waals surface area contributed by atoms with E-state index in [0.717, 1.165) is 18.7 Å². The predicted octanol–water partition coefficient (Wildman–Crippen LogP) is 3.74. The van der Waals surface area contributed by atoms with Crippen molar-refractivity contribution in [1.82, 2.24) is 10.2 Å². The van der Waals surface area contributed by atoms with Gasteiger partial charge in [-0.1, -0.05) is 60.7 Å². The van der Waals surface area contributed by atoms with Crippen LogP contribution in [0.25, 0.3) is 0 Å². The Kier molecular flexibility index (Phi) is 7.27. The van der Waals surface area contributed by atoms with E-state index in [4.69, 9.17) is 4.74 Å². The summed E-state index contributed by atoms with van der Waals surface area (Å²) in [6.07, 6.45) is 0. The first-order chi connectivity index (χ1) is 15.7. The fourth-order valence-corrected chi connectivity index (χ4v) is 3.88. The molecule has 6 nitrogen and oxygen atoms in total. The van der Waals surface area contributed by atoms with Gasteiger partial charge in [-0.3, -0.25) is 14.5 Å². The Morgan fingerprint density at radius 3 is 2.16 bits per heavy atom. The molecule has 0 aliphatic carbocycles. The number of morpholine rings is 1. The summed E-state index contributed by atoms with van der Waals surface area (Å²) >= 11 is 0. The van der Waals surface area contributed by atoms with Gasteiger partial charge in [0, 0.05) is 25.2 Å². The van der Waals surface area contributed by atoms with Crippen molar-refractivity contribution in [3.8, 4) is 0 Å².